The first kappa shape index (κ1) is 14.2. The molecule has 0 radical (unpaired) electrons. The zero-order valence-electron chi connectivity index (χ0n) is 11.0. The van der Waals surface area contributed by atoms with Crippen molar-refractivity contribution >= 4 is 40.2 Å². The van der Waals surface area contributed by atoms with Gasteiger partial charge in [0.25, 0.3) is 0 Å². The molecular formula is C15H12Cl2FN3. The van der Waals surface area contributed by atoms with Crippen LogP contribution in [0, 0.1) is 5.82 Å². The molecule has 3 nitrogen and oxygen atoms in total. The number of rotatable bonds is 3. The molecule has 0 aliphatic heterocycles. The van der Waals surface area contributed by atoms with Crippen molar-refractivity contribution in [3.63, 3.8) is 0 Å². The topological polar surface area (TPSA) is 43.8 Å². The summed E-state index contributed by atoms with van der Waals surface area (Å²) in [4.78, 5) is 4.17. The second kappa shape index (κ2) is 5.54. The Morgan fingerprint density at radius 3 is 2.71 bits per heavy atom. The van der Waals surface area contributed by atoms with Crippen LogP contribution in [0.1, 0.15) is 5.56 Å². The Kier molecular flexibility index (Phi) is 3.74. The molecule has 21 heavy (non-hydrogen) atoms. The molecule has 0 saturated carbocycles. The summed E-state index contributed by atoms with van der Waals surface area (Å²) in [6.45, 7) is 0.606. The number of hydrogen-bond acceptors (Lipinski definition) is 2. The van der Waals surface area contributed by atoms with E-state index in [9.17, 15) is 4.39 Å². The lowest BCUT2D eigenvalue weighted by Crippen LogP contribution is -2.06. The van der Waals surface area contributed by atoms with Crippen LogP contribution in [0.5, 0.6) is 0 Å². The van der Waals surface area contributed by atoms with E-state index in [2.05, 4.69) is 4.98 Å². The molecule has 0 unspecified atom stereocenters. The molecule has 0 atom stereocenters. The average molecular weight is 324 g/mol. The van der Waals surface area contributed by atoms with Crippen LogP contribution in [-0.2, 0) is 13.0 Å². The highest BCUT2D eigenvalue weighted by Gasteiger charge is 2.10. The molecule has 3 aromatic rings. The van der Waals surface area contributed by atoms with E-state index in [1.165, 1.54) is 12.1 Å². The monoisotopic (exact) mass is 323 g/mol. The van der Waals surface area contributed by atoms with Gasteiger partial charge in [0.2, 0.25) is 5.95 Å². The number of halogens is 3. The highest BCUT2D eigenvalue weighted by atomic mass is 35.5. The standard InChI is InChI=1S/C15H12Cl2FN3/c16-10-2-1-9(12(17)7-10)5-6-21-14-4-3-11(18)8-13(14)20-15(21)19/h1-4,7-8H,5-6H2,(H2,19,20). The summed E-state index contributed by atoms with van der Waals surface area (Å²) >= 11 is 12.0. The fourth-order valence-electron chi connectivity index (χ4n) is 2.31. The molecule has 3 rings (SSSR count). The molecule has 0 aliphatic rings. The molecule has 108 valence electrons. The highest BCUT2D eigenvalue weighted by molar-refractivity contribution is 6.35. The predicted molar refractivity (Wildman–Crippen MR) is 84.3 cm³/mol. The summed E-state index contributed by atoms with van der Waals surface area (Å²) < 4.78 is 15.0. The van der Waals surface area contributed by atoms with E-state index in [0.717, 1.165) is 11.1 Å². The van der Waals surface area contributed by atoms with Gasteiger partial charge >= 0.3 is 0 Å². The molecule has 0 spiro atoms. The van der Waals surface area contributed by atoms with Crippen molar-refractivity contribution in [3.05, 3.63) is 57.8 Å². The summed E-state index contributed by atoms with van der Waals surface area (Å²) in [6.07, 6.45) is 0.684. The van der Waals surface area contributed by atoms with Gasteiger partial charge in [-0.1, -0.05) is 29.3 Å². The smallest absolute Gasteiger partial charge is 0.201 e. The molecule has 1 aromatic heterocycles. The molecule has 6 heteroatoms. The van der Waals surface area contributed by atoms with E-state index in [1.807, 2.05) is 10.6 Å². The van der Waals surface area contributed by atoms with Crippen molar-refractivity contribution in [2.75, 3.05) is 5.73 Å². The number of hydrogen-bond donors (Lipinski definition) is 1. The van der Waals surface area contributed by atoms with Gasteiger partial charge in [-0.05, 0) is 36.2 Å². The van der Waals surface area contributed by atoms with Crippen LogP contribution in [0.2, 0.25) is 10.0 Å². The number of imidazole rings is 1. The van der Waals surface area contributed by atoms with Gasteiger partial charge in [-0.2, -0.15) is 0 Å². The minimum atomic E-state index is -0.326. The number of nitrogens with two attached hydrogens (primary N) is 1. The Bertz CT molecular complexity index is 814. The lowest BCUT2D eigenvalue weighted by molar-refractivity contribution is 0.629. The largest absolute Gasteiger partial charge is 0.369 e. The zero-order valence-corrected chi connectivity index (χ0v) is 12.5. The number of anilines is 1. The van der Waals surface area contributed by atoms with E-state index in [-0.39, 0.29) is 5.82 Å². The first-order chi connectivity index (χ1) is 10.0. The summed E-state index contributed by atoms with van der Waals surface area (Å²) in [5, 5.41) is 1.23. The van der Waals surface area contributed by atoms with Gasteiger partial charge in [0.15, 0.2) is 0 Å². The Morgan fingerprint density at radius 1 is 1.14 bits per heavy atom. The normalized spacial score (nSPS) is 11.2. The maximum Gasteiger partial charge on any atom is 0.201 e. The van der Waals surface area contributed by atoms with Gasteiger partial charge in [-0.25, -0.2) is 9.37 Å². The first-order valence-electron chi connectivity index (χ1n) is 6.40. The third-order valence-electron chi connectivity index (χ3n) is 3.36. The average Bonchev–Trinajstić information content (AvgIpc) is 2.72. The molecule has 0 amide bonds. The van der Waals surface area contributed by atoms with E-state index in [4.69, 9.17) is 28.9 Å². The Morgan fingerprint density at radius 2 is 1.95 bits per heavy atom. The van der Waals surface area contributed by atoms with Gasteiger partial charge in [-0.3, -0.25) is 0 Å². The SMILES string of the molecule is Nc1nc2cc(F)ccc2n1CCc1ccc(Cl)cc1Cl. The summed E-state index contributed by atoms with van der Waals surface area (Å²) in [6, 6.07) is 9.85. The number of aryl methyl sites for hydroxylation is 2. The van der Waals surface area contributed by atoms with Crippen molar-refractivity contribution in [3.8, 4) is 0 Å². The van der Waals surface area contributed by atoms with Crippen molar-refractivity contribution in [2.24, 2.45) is 0 Å². The van der Waals surface area contributed by atoms with Gasteiger partial charge in [0.1, 0.15) is 5.82 Å². The number of nitrogens with zero attached hydrogens (tertiary/aromatic N) is 2. The van der Waals surface area contributed by atoms with Crippen LogP contribution in [0.4, 0.5) is 10.3 Å². The number of fused-ring (bicyclic) bond motifs is 1. The van der Waals surface area contributed by atoms with Crippen molar-refractivity contribution < 1.29 is 4.39 Å². The molecule has 1 heterocycles. The van der Waals surface area contributed by atoms with Crippen LogP contribution in [0.3, 0.4) is 0 Å². The molecule has 2 aromatic carbocycles. The van der Waals surface area contributed by atoms with Gasteiger partial charge in [-0.15, -0.1) is 0 Å². The molecule has 0 saturated heterocycles. The minimum Gasteiger partial charge on any atom is -0.369 e. The van der Waals surface area contributed by atoms with E-state index in [0.29, 0.717) is 34.5 Å². The van der Waals surface area contributed by atoms with Crippen molar-refractivity contribution in [2.45, 2.75) is 13.0 Å². The van der Waals surface area contributed by atoms with E-state index in [1.54, 1.807) is 18.2 Å². The highest BCUT2D eigenvalue weighted by Crippen LogP contribution is 2.24. The van der Waals surface area contributed by atoms with Crippen LogP contribution < -0.4 is 5.73 Å². The van der Waals surface area contributed by atoms with Gasteiger partial charge < -0.3 is 10.3 Å². The van der Waals surface area contributed by atoms with Gasteiger partial charge in [0, 0.05) is 22.7 Å². The zero-order chi connectivity index (χ0) is 15.0. The third kappa shape index (κ3) is 2.82. The summed E-state index contributed by atoms with van der Waals surface area (Å²) in [5.74, 6) is 0.0357. The number of aromatic nitrogens is 2. The Labute approximate surface area is 131 Å². The van der Waals surface area contributed by atoms with Crippen LogP contribution in [-0.4, -0.2) is 9.55 Å². The molecule has 0 aliphatic carbocycles. The van der Waals surface area contributed by atoms with E-state index >= 15 is 0 Å². The van der Waals surface area contributed by atoms with Crippen LogP contribution in [0.15, 0.2) is 36.4 Å². The Hall–Kier alpha value is -1.78. The molecule has 0 fully saturated rings. The lowest BCUT2D eigenvalue weighted by Gasteiger charge is -2.08. The van der Waals surface area contributed by atoms with E-state index < -0.39 is 0 Å². The lowest BCUT2D eigenvalue weighted by atomic mass is 10.1. The molecule has 0 bridgehead atoms. The number of nitrogen functional groups attached to an aromatic ring is 1. The van der Waals surface area contributed by atoms with Crippen LogP contribution in [0.25, 0.3) is 11.0 Å². The fourth-order valence-corrected chi connectivity index (χ4v) is 2.82. The van der Waals surface area contributed by atoms with Crippen molar-refractivity contribution in [1.29, 1.82) is 0 Å². The Balaban J connectivity index is 1.90. The second-order valence-electron chi connectivity index (χ2n) is 4.74. The van der Waals surface area contributed by atoms with Gasteiger partial charge in [0.05, 0.1) is 11.0 Å². The third-order valence-corrected chi connectivity index (χ3v) is 3.95. The molecular weight excluding hydrogens is 312 g/mol. The minimum absolute atomic E-state index is 0.326. The molecule has 2 N–H and O–H groups in total. The predicted octanol–water partition coefficient (Wildman–Crippen LogP) is 4.31. The van der Waals surface area contributed by atoms with Crippen molar-refractivity contribution in [1.82, 2.24) is 9.55 Å². The fraction of sp³-hybridized carbons (Fsp3) is 0.133. The maximum absolute atomic E-state index is 13.2. The van der Waals surface area contributed by atoms with Crippen LogP contribution >= 0.6 is 23.2 Å². The second-order valence-corrected chi connectivity index (χ2v) is 5.58. The quantitative estimate of drug-likeness (QED) is 0.780. The number of benzene rings is 2. The maximum atomic E-state index is 13.2. The summed E-state index contributed by atoms with van der Waals surface area (Å²) in [7, 11) is 0. The first-order valence-corrected chi connectivity index (χ1v) is 7.15. The summed E-state index contributed by atoms with van der Waals surface area (Å²) in [5.41, 5.74) is 8.24.